The van der Waals surface area contributed by atoms with Gasteiger partial charge in [0.2, 0.25) is 0 Å². The fraction of sp³-hybridized carbons (Fsp3) is 0.800. The minimum absolute atomic E-state index is 0.541. The molecule has 2 fully saturated rings. The molecule has 0 bridgehead atoms. The van der Waals surface area contributed by atoms with E-state index in [4.69, 9.17) is 4.74 Å². The molecule has 12 heavy (non-hydrogen) atoms. The van der Waals surface area contributed by atoms with Crippen LogP contribution in [-0.2, 0) is 4.74 Å². The van der Waals surface area contributed by atoms with Crippen LogP contribution in [0.4, 0.5) is 0 Å². The topological polar surface area (TPSA) is 12.5 Å². The summed E-state index contributed by atoms with van der Waals surface area (Å²) in [7, 11) is 0. The molecule has 1 heterocycles. The molecule has 1 aliphatic carbocycles. The Morgan fingerprint density at radius 3 is 3.00 bits per heavy atom. The first-order chi connectivity index (χ1) is 5.85. The maximum atomic E-state index is 5.57. The van der Waals surface area contributed by atoms with Crippen molar-refractivity contribution in [3.63, 3.8) is 0 Å². The fourth-order valence-corrected chi connectivity index (χ4v) is 1.90. The lowest BCUT2D eigenvalue weighted by atomic mass is 10.1. The predicted octanol–water partition coefficient (Wildman–Crippen LogP) is 1.28. The van der Waals surface area contributed by atoms with E-state index in [9.17, 15) is 0 Å². The molecule has 0 unspecified atom stereocenters. The zero-order valence-electron chi connectivity index (χ0n) is 7.59. The SMILES string of the molecule is C=CCN1CCOCC2(CC2)C1. The number of nitrogens with zero attached hydrogens (tertiary/aromatic N) is 1. The predicted molar refractivity (Wildman–Crippen MR) is 49.1 cm³/mol. The zero-order valence-corrected chi connectivity index (χ0v) is 7.59. The molecule has 1 saturated carbocycles. The molecule has 2 nitrogen and oxygen atoms in total. The summed E-state index contributed by atoms with van der Waals surface area (Å²) in [6.07, 6.45) is 4.71. The first kappa shape index (κ1) is 8.27. The van der Waals surface area contributed by atoms with Crippen LogP contribution in [0.25, 0.3) is 0 Å². The van der Waals surface area contributed by atoms with Crippen LogP contribution in [-0.4, -0.2) is 37.7 Å². The van der Waals surface area contributed by atoms with E-state index in [1.165, 1.54) is 19.4 Å². The van der Waals surface area contributed by atoms with Crippen molar-refractivity contribution in [1.29, 1.82) is 0 Å². The Labute approximate surface area is 74.2 Å². The van der Waals surface area contributed by atoms with Crippen LogP contribution >= 0.6 is 0 Å². The van der Waals surface area contributed by atoms with Crippen LogP contribution in [0.2, 0.25) is 0 Å². The minimum atomic E-state index is 0.541. The van der Waals surface area contributed by atoms with E-state index >= 15 is 0 Å². The number of rotatable bonds is 2. The number of hydrogen-bond acceptors (Lipinski definition) is 2. The van der Waals surface area contributed by atoms with Gasteiger partial charge in [-0.25, -0.2) is 0 Å². The van der Waals surface area contributed by atoms with Crippen LogP contribution in [0.15, 0.2) is 12.7 Å². The van der Waals surface area contributed by atoms with Crippen molar-refractivity contribution in [1.82, 2.24) is 4.90 Å². The largest absolute Gasteiger partial charge is 0.379 e. The molecular weight excluding hydrogens is 150 g/mol. The normalized spacial score (nSPS) is 28.3. The summed E-state index contributed by atoms with van der Waals surface area (Å²) in [4.78, 5) is 2.45. The summed E-state index contributed by atoms with van der Waals surface area (Å²) in [6.45, 7) is 8.97. The third kappa shape index (κ3) is 1.70. The second-order valence-corrected chi connectivity index (χ2v) is 4.08. The van der Waals surface area contributed by atoms with Crippen LogP contribution in [0.5, 0.6) is 0 Å². The van der Waals surface area contributed by atoms with E-state index < -0.39 is 0 Å². The van der Waals surface area contributed by atoms with E-state index in [1.807, 2.05) is 6.08 Å². The van der Waals surface area contributed by atoms with Gasteiger partial charge in [-0.1, -0.05) is 6.08 Å². The highest BCUT2D eigenvalue weighted by atomic mass is 16.5. The highest BCUT2D eigenvalue weighted by Crippen LogP contribution is 2.47. The summed E-state index contributed by atoms with van der Waals surface area (Å²) >= 11 is 0. The first-order valence-electron chi connectivity index (χ1n) is 4.76. The molecule has 0 atom stereocenters. The van der Waals surface area contributed by atoms with E-state index in [1.54, 1.807) is 0 Å². The van der Waals surface area contributed by atoms with Crippen molar-refractivity contribution in [2.24, 2.45) is 5.41 Å². The highest BCUT2D eigenvalue weighted by molar-refractivity contribution is 4.97. The van der Waals surface area contributed by atoms with Gasteiger partial charge in [0.25, 0.3) is 0 Å². The molecule has 0 aromatic carbocycles. The number of ether oxygens (including phenoxy) is 1. The second kappa shape index (κ2) is 3.19. The van der Waals surface area contributed by atoms with Gasteiger partial charge in [0.05, 0.1) is 13.2 Å². The van der Waals surface area contributed by atoms with Crippen LogP contribution in [0.3, 0.4) is 0 Å². The molecule has 2 aliphatic rings. The summed E-state index contributed by atoms with van der Waals surface area (Å²) in [6, 6.07) is 0. The van der Waals surface area contributed by atoms with Crippen molar-refractivity contribution < 1.29 is 4.74 Å². The van der Waals surface area contributed by atoms with Crippen molar-refractivity contribution >= 4 is 0 Å². The molecular formula is C10H17NO. The maximum Gasteiger partial charge on any atom is 0.0593 e. The standard InChI is InChI=1S/C10H17NO/c1-2-5-11-6-7-12-9-10(8-11)3-4-10/h2H,1,3-9H2. The molecule has 1 aliphatic heterocycles. The van der Waals surface area contributed by atoms with E-state index in [2.05, 4.69) is 11.5 Å². The molecule has 2 rings (SSSR count). The van der Waals surface area contributed by atoms with E-state index in [-0.39, 0.29) is 0 Å². The van der Waals surface area contributed by atoms with Crippen molar-refractivity contribution in [3.05, 3.63) is 12.7 Å². The van der Waals surface area contributed by atoms with Gasteiger partial charge in [0.1, 0.15) is 0 Å². The van der Waals surface area contributed by atoms with Gasteiger partial charge in [-0.2, -0.15) is 0 Å². The molecule has 68 valence electrons. The molecule has 2 heteroatoms. The summed E-state index contributed by atoms with van der Waals surface area (Å²) < 4.78 is 5.57. The van der Waals surface area contributed by atoms with Gasteiger partial charge in [-0.05, 0) is 12.8 Å². The summed E-state index contributed by atoms with van der Waals surface area (Å²) in [5.41, 5.74) is 0.541. The number of hydrogen-bond donors (Lipinski definition) is 0. The third-order valence-electron chi connectivity index (χ3n) is 2.86. The smallest absolute Gasteiger partial charge is 0.0593 e. The fourth-order valence-electron chi connectivity index (χ4n) is 1.90. The second-order valence-electron chi connectivity index (χ2n) is 4.08. The Hall–Kier alpha value is -0.340. The minimum Gasteiger partial charge on any atom is -0.379 e. The quantitative estimate of drug-likeness (QED) is 0.574. The van der Waals surface area contributed by atoms with Crippen molar-refractivity contribution in [2.75, 3.05) is 32.8 Å². The third-order valence-corrected chi connectivity index (χ3v) is 2.86. The first-order valence-corrected chi connectivity index (χ1v) is 4.76. The molecule has 1 spiro atoms. The van der Waals surface area contributed by atoms with Gasteiger partial charge < -0.3 is 4.74 Å². The highest BCUT2D eigenvalue weighted by Gasteiger charge is 2.44. The Balaban J connectivity index is 1.92. The van der Waals surface area contributed by atoms with Gasteiger partial charge in [0, 0.05) is 25.0 Å². The Kier molecular flexibility index (Phi) is 2.20. The van der Waals surface area contributed by atoms with Gasteiger partial charge in [0.15, 0.2) is 0 Å². The zero-order chi connectivity index (χ0) is 8.44. The summed E-state index contributed by atoms with van der Waals surface area (Å²) in [5, 5.41) is 0. The average molecular weight is 167 g/mol. The lowest BCUT2D eigenvalue weighted by molar-refractivity contribution is 0.115. The van der Waals surface area contributed by atoms with Gasteiger partial charge >= 0.3 is 0 Å². The monoisotopic (exact) mass is 167 g/mol. The lowest BCUT2D eigenvalue weighted by Crippen LogP contribution is -2.30. The maximum absolute atomic E-state index is 5.57. The Morgan fingerprint density at radius 1 is 1.50 bits per heavy atom. The Bertz CT molecular complexity index is 175. The van der Waals surface area contributed by atoms with E-state index in [0.29, 0.717) is 5.41 Å². The Morgan fingerprint density at radius 2 is 2.33 bits per heavy atom. The van der Waals surface area contributed by atoms with Crippen molar-refractivity contribution in [2.45, 2.75) is 12.8 Å². The van der Waals surface area contributed by atoms with Gasteiger partial charge in [-0.15, -0.1) is 6.58 Å². The molecule has 0 amide bonds. The van der Waals surface area contributed by atoms with Gasteiger partial charge in [-0.3, -0.25) is 4.90 Å². The van der Waals surface area contributed by atoms with Crippen LogP contribution < -0.4 is 0 Å². The molecule has 0 aromatic rings. The molecule has 1 saturated heterocycles. The lowest BCUT2D eigenvalue weighted by Gasteiger charge is -2.20. The van der Waals surface area contributed by atoms with Crippen molar-refractivity contribution in [3.8, 4) is 0 Å². The molecule has 0 aromatic heterocycles. The molecule has 0 N–H and O–H groups in total. The van der Waals surface area contributed by atoms with Crippen LogP contribution in [0.1, 0.15) is 12.8 Å². The van der Waals surface area contributed by atoms with Crippen LogP contribution in [0, 0.1) is 5.41 Å². The molecule has 0 radical (unpaired) electrons. The average Bonchev–Trinajstić information content (AvgIpc) is 2.82. The summed E-state index contributed by atoms with van der Waals surface area (Å²) in [5.74, 6) is 0. The van der Waals surface area contributed by atoms with E-state index in [0.717, 1.165) is 26.3 Å².